The van der Waals surface area contributed by atoms with E-state index in [1.165, 1.54) is 11.8 Å². The third-order valence-electron chi connectivity index (χ3n) is 9.29. The number of amides is 2. The molecule has 4 aliphatic rings. The van der Waals surface area contributed by atoms with Crippen molar-refractivity contribution in [3.63, 3.8) is 0 Å². The van der Waals surface area contributed by atoms with Gasteiger partial charge in [-0.1, -0.05) is 38.2 Å². The zero-order chi connectivity index (χ0) is 29.5. The Morgan fingerprint density at radius 2 is 1.76 bits per heavy atom. The van der Waals surface area contributed by atoms with Crippen LogP contribution >= 0.6 is 11.8 Å². The summed E-state index contributed by atoms with van der Waals surface area (Å²) in [5.74, 6) is -2.46. The lowest BCUT2D eigenvalue weighted by Crippen LogP contribution is -2.58. The van der Waals surface area contributed by atoms with E-state index in [1.807, 2.05) is 57.2 Å². The monoisotopic (exact) mass is 581 g/mol. The Kier molecular flexibility index (Phi) is 8.32. The van der Waals surface area contributed by atoms with Crippen molar-refractivity contribution in [2.45, 2.75) is 69.0 Å². The maximum Gasteiger partial charge on any atom is 0.311 e. The van der Waals surface area contributed by atoms with E-state index in [-0.39, 0.29) is 30.3 Å². The Morgan fingerprint density at radius 1 is 1.05 bits per heavy atom. The molecular weight excluding hydrogens is 538 g/mol. The first kappa shape index (κ1) is 29.7. The molecule has 2 amide bonds. The van der Waals surface area contributed by atoms with Gasteiger partial charge in [-0.2, -0.15) is 0 Å². The van der Waals surface area contributed by atoms with E-state index < -0.39 is 33.4 Å². The van der Waals surface area contributed by atoms with E-state index in [0.717, 1.165) is 37.3 Å². The van der Waals surface area contributed by atoms with Gasteiger partial charge in [-0.05, 0) is 63.8 Å². The number of hydrogen-bond acceptors (Lipinski definition) is 7. The van der Waals surface area contributed by atoms with E-state index in [4.69, 9.17) is 4.74 Å². The first-order valence-corrected chi connectivity index (χ1v) is 15.8. The van der Waals surface area contributed by atoms with Gasteiger partial charge in [0.05, 0.1) is 35.8 Å². The number of aliphatic hydroxyl groups is 1. The van der Waals surface area contributed by atoms with Crippen LogP contribution in [0.1, 0.15) is 47.5 Å². The summed E-state index contributed by atoms with van der Waals surface area (Å²) >= 11 is 1.54. The Morgan fingerprint density at radius 3 is 2.39 bits per heavy atom. The van der Waals surface area contributed by atoms with Gasteiger partial charge in [0.15, 0.2) is 0 Å². The molecule has 4 aliphatic heterocycles. The van der Waals surface area contributed by atoms with Gasteiger partial charge in [0.1, 0.15) is 6.04 Å². The van der Waals surface area contributed by atoms with Crippen LogP contribution in [-0.2, 0) is 19.1 Å². The van der Waals surface area contributed by atoms with Gasteiger partial charge in [0.25, 0.3) is 5.91 Å². The second kappa shape index (κ2) is 11.5. The summed E-state index contributed by atoms with van der Waals surface area (Å²) in [6.07, 6.45) is 9.62. The van der Waals surface area contributed by atoms with Crippen molar-refractivity contribution in [3.8, 4) is 0 Å². The van der Waals surface area contributed by atoms with Crippen LogP contribution in [0.2, 0.25) is 0 Å². The molecule has 1 N–H and O–H groups in total. The van der Waals surface area contributed by atoms with E-state index >= 15 is 0 Å². The Labute approximate surface area is 247 Å². The standard InChI is InChI=1S/C32H43N3O5S/c1-6-33(7-2)22-12-14-23(15-13-22)34-18-11-17-32-25(26-30(39)40-19-10-8-9-16-31(26,5)41-32)28(37)35(27(32)29(34)38)24(20-36)21(3)4/h9,11-17,21,24-27,36H,6-8,10,18-20H2,1-5H3/b16-9-/t24-,25-,26-,27?,31+,32-/m0/s1. The smallest absolute Gasteiger partial charge is 0.311 e. The predicted molar refractivity (Wildman–Crippen MR) is 163 cm³/mol. The van der Waals surface area contributed by atoms with E-state index in [2.05, 4.69) is 30.9 Å². The second-order valence-electron chi connectivity index (χ2n) is 12.0. The third-order valence-corrected chi connectivity index (χ3v) is 11.1. The number of thioether (sulfide) groups is 1. The molecule has 1 spiro atoms. The number of ether oxygens (including phenoxy) is 1. The quantitative estimate of drug-likeness (QED) is 0.384. The number of likely N-dealkylation sites (tertiary alicyclic amines) is 1. The molecule has 0 aromatic heterocycles. The number of carbonyl (C=O) groups is 3. The molecule has 0 radical (unpaired) electrons. The number of rotatable bonds is 7. The number of fused-ring (bicyclic) bond motifs is 2. The van der Waals surface area contributed by atoms with Crippen LogP contribution in [0, 0.1) is 17.8 Å². The number of carbonyl (C=O) groups excluding carboxylic acids is 3. The molecule has 0 aliphatic carbocycles. The fourth-order valence-electron chi connectivity index (χ4n) is 7.22. The van der Waals surface area contributed by atoms with E-state index in [9.17, 15) is 19.5 Å². The molecule has 6 atom stereocenters. The molecule has 0 bridgehead atoms. The number of esters is 1. The molecule has 5 rings (SSSR count). The molecule has 8 nitrogen and oxygen atoms in total. The number of cyclic esters (lactones) is 1. The number of hydrogen-bond donors (Lipinski definition) is 1. The molecular formula is C32H43N3O5S. The number of benzene rings is 1. The molecule has 2 saturated heterocycles. The summed E-state index contributed by atoms with van der Waals surface area (Å²) in [4.78, 5) is 48.5. The molecule has 1 aromatic rings. The third kappa shape index (κ3) is 4.79. The van der Waals surface area contributed by atoms with Crippen molar-refractivity contribution in [2.75, 3.05) is 42.6 Å². The summed E-state index contributed by atoms with van der Waals surface area (Å²) in [5.41, 5.74) is 1.84. The minimum atomic E-state index is -0.978. The zero-order valence-electron chi connectivity index (χ0n) is 24.8. The van der Waals surface area contributed by atoms with Crippen LogP contribution in [0.5, 0.6) is 0 Å². The highest BCUT2D eigenvalue weighted by molar-refractivity contribution is 8.02. The van der Waals surface area contributed by atoms with Crippen LogP contribution in [0.4, 0.5) is 11.4 Å². The summed E-state index contributed by atoms with van der Waals surface area (Å²) < 4.78 is 4.01. The highest BCUT2D eigenvalue weighted by Gasteiger charge is 2.74. The van der Waals surface area contributed by atoms with Crippen molar-refractivity contribution in [2.24, 2.45) is 17.8 Å². The normalized spacial score (nSPS) is 32.9. The fourth-order valence-corrected chi connectivity index (χ4v) is 9.35. The van der Waals surface area contributed by atoms with Gasteiger partial charge in [-0.3, -0.25) is 14.4 Å². The van der Waals surface area contributed by atoms with Gasteiger partial charge in [0.2, 0.25) is 5.91 Å². The summed E-state index contributed by atoms with van der Waals surface area (Å²) in [5, 5.41) is 10.5. The number of allylic oxidation sites excluding steroid dienone is 1. The number of anilines is 2. The average Bonchev–Trinajstić information content (AvgIpc) is 3.29. The SMILES string of the molecule is CCN(CC)c1ccc(N2CC=C[C@]34S[C@]5(C)/C=C\CCCOC(=O)[C@@H]5[C@H]3C(=O)N([C@@H](CO)C(C)C)C4C2=O)cc1. The van der Waals surface area contributed by atoms with Gasteiger partial charge >= 0.3 is 5.97 Å². The predicted octanol–water partition coefficient (Wildman–Crippen LogP) is 4.03. The van der Waals surface area contributed by atoms with Crippen LogP contribution in [0.3, 0.4) is 0 Å². The van der Waals surface area contributed by atoms with Gasteiger partial charge in [-0.25, -0.2) is 0 Å². The molecule has 1 aromatic carbocycles. The molecule has 4 heterocycles. The lowest BCUT2D eigenvalue weighted by molar-refractivity contribution is -0.154. The van der Waals surface area contributed by atoms with Crippen LogP contribution in [0.25, 0.3) is 0 Å². The molecule has 0 saturated carbocycles. The molecule has 222 valence electrons. The Balaban J connectivity index is 1.62. The highest BCUT2D eigenvalue weighted by Crippen LogP contribution is 2.65. The van der Waals surface area contributed by atoms with Crippen molar-refractivity contribution in [1.82, 2.24) is 4.90 Å². The van der Waals surface area contributed by atoms with Crippen molar-refractivity contribution >= 4 is 40.9 Å². The first-order valence-electron chi connectivity index (χ1n) is 14.9. The molecule has 41 heavy (non-hydrogen) atoms. The lowest BCUT2D eigenvalue weighted by Gasteiger charge is -2.41. The minimum absolute atomic E-state index is 0.0922. The second-order valence-corrected chi connectivity index (χ2v) is 13.8. The van der Waals surface area contributed by atoms with Crippen LogP contribution in [-0.4, -0.2) is 82.2 Å². The largest absolute Gasteiger partial charge is 0.465 e. The number of aliphatic hydroxyl groups excluding tert-OH is 1. The Bertz CT molecular complexity index is 1230. The first-order chi connectivity index (χ1) is 19.6. The maximum atomic E-state index is 14.7. The average molecular weight is 582 g/mol. The maximum absolute atomic E-state index is 14.7. The van der Waals surface area contributed by atoms with Crippen molar-refractivity contribution in [3.05, 3.63) is 48.6 Å². The minimum Gasteiger partial charge on any atom is -0.465 e. The van der Waals surface area contributed by atoms with Crippen LogP contribution < -0.4 is 9.80 Å². The Hall–Kier alpha value is -2.78. The van der Waals surface area contributed by atoms with Crippen molar-refractivity contribution < 1.29 is 24.2 Å². The van der Waals surface area contributed by atoms with Gasteiger partial charge in [-0.15, -0.1) is 11.8 Å². The lowest BCUT2D eigenvalue weighted by atomic mass is 9.74. The topological polar surface area (TPSA) is 90.4 Å². The van der Waals surface area contributed by atoms with E-state index in [1.54, 1.807) is 9.80 Å². The van der Waals surface area contributed by atoms with Crippen molar-refractivity contribution in [1.29, 1.82) is 0 Å². The van der Waals surface area contributed by atoms with Gasteiger partial charge in [0, 0.05) is 35.8 Å². The van der Waals surface area contributed by atoms with E-state index in [0.29, 0.717) is 13.2 Å². The van der Waals surface area contributed by atoms with Gasteiger partial charge < -0.3 is 24.5 Å². The zero-order valence-corrected chi connectivity index (χ0v) is 25.6. The summed E-state index contributed by atoms with van der Waals surface area (Å²) in [7, 11) is 0. The van der Waals surface area contributed by atoms with Crippen LogP contribution in [0.15, 0.2) is 48.6 Å². The highest BCUT2D eigenvalue weighted by atomic mass is 32.2. The summed E-state index contributed by atoms with van der Waals surface area (Å²) in [6.45, 7) is 12.3. The number of nitrogens with zero attached hydrogens (tertiary/aromatic N) is 3. The summed E-state index contributed by atoms with van der Waals surface area (Å²) in [6, 6.07) is 6.54. The molecule has 2 fully saturated rings. The fraction of sp³-hybridized carbons (Fsp3) is 0.594. The molecule has 9 heteroatoms. The molecule has 1 unspecified atom stereocenters.